The molecule has 3 aromatic carbocycles. The van der Waals surface area contributed by atoms with Crippen molar-refractivity contribution >= 4 is 17.5 Å². The monoisotopic (exact) mass is 325 g/mol. The Balaban J connectivity index is 1.98. The molecule has 3 rings (SSSR count). The van der Waals surface area contributed by atoms with Crippen LogP contribution in [0.2, 0.25) is 0 Å². The predicted molar refractivity (Wildman–Crippen MR) is 108 cm³/mol. The predicted octanol–water partition coefficient (Wildman–Crippen LogP) is 6.55. The molecule has 3 aromatic rings. The Bertz CT molecular complexity index is 803. The third-order valence-electron chi connectivity index (χ3n) is 3.99. The summed E-state index contributed by atoms with van der Waals surface area (Å²) >= 11 is 0. The molecule has 124 valence electrons. The smallest absolute Gasteiger partial charge is 0.0626 e. The summed E-state index contributed by atoms with van der Waals surface area (Å²) in [4.78, 5) is 4.65. The highest BCUT2D eigenvalue weighted by molar-refractivity contribution is 5.84. The molecule has 0 heterocycles. The van der Waals surface area contributed by atoms with Crippen LogP contribution in [0, 0.1) is 5.41 Å². The fraction of sp³-hybridized carbons (Fsp3) is 0.125. The SMILES string of the molecule is CC(C)(C=Nc1ccccc1)C=C(c1ccccc1)c1ccccc1. The first kappa shape index (κ1) is 16.9. The largest absolute Gasteiger partial charge is 0.260 e. The molecule has 0 amide bonds. The van der Waals surface area contributed by atoms with E-state index < -0.39 is 0 Å². The number of rotatable bonds is 5. The van der Waals surface area contributed by atoms with E-state index in [0.717, 1.165) is 5.69 Å². The standard InChI is InChI=1S/C24H23N/c1-24(2,19-25-22-16-10-5-11-17-22)18-23(20-12-6-3-7-13-20)21-14-8-4-9-15-21/h3-19H,1-2H3. The van der Waals surface area contributed by atoms with E-state index in [1.807, 2.05) is 48.7 Å². The molecule has 0 bridgehead atoms. The van der Waals surface area contributed by atoms with Gasteiger partial charge in [-0.15, -0.1) is 0 Å². The van der Waals surface area contributed by atoms with Crippen LogP contribution in [0.4, 0.5) is 5.69 Å². The van der Waals surface area contributed by atoms with E-state index in [9.17, 15) is 0 Å². The Hall–Kier alpha value is -2.93. The van der Waals surface area contributed by atoms with Crippen molar-refractivity contribution in [2.75, 3.05) is 0 Å². The van der Waals surface area contributed by atoms with Crippen LogP contribution in [-0.2, 0) is 0 Å². The molecule has 1 heteroatoms. The van der Waals surface area contributed by atoms with Gasteiger partial charge in [-0.25, -0.2) is 0 Å². The quantitative estimate of drug-likeness (QED) is 0.472. The molecule has 0 N–H and O–H groups in total. The van der Waals surface area contributed by atoms with Gasteiger partial charge in [0.15, 0.2) is 0 Å². The lowest BCUT2D eigenvalue weighted by Crippen LogP contribution is -2.10. The summed E-state index contributed by atoms with van der Waals surface area (Å²) in [5, 5.41) is 0. The molecule has 0 radical (unpaired) electrons. The second-order valence-electron chi connectivity index (χ2n) is 6.71. The van der Waals surface area contributed by atoms with Gasteiger partial charge in [-0.1, -0.05) is 98.8 Å². The van der Waals surface area contributed by atoms with E-state index in [0.29, 0.717) is 0 Å². The Morgan fingerprint density at radius 2 is 1.12 bits per heavy atom. The summed E-state index contributed by atoms with van der Waals surface area (Å²) in [6.07, 6.45) is 4.32. The van der Waals surface area contributed by atoms with E-state index >= 15 is 0 Å². The third kappa shape index (κ3) is 4.77. The summed E-state index contributed by atoms with van der Waals surface area (Å²) < 4.78 is 0. The third-order valence-corrected chi connectivity index (χ3v) is 3.99. The number of allylic oxidation sites excluding steroid dienone is 1. The molecule has 0 saturated heterocycles. The molecule has 0 fully saturated rings. The summed E-state index contributed by atoms with van der Waals surface area (Å²) in [6.45, 7) is 4.37. The van der Waals surface area contributed by atoms with Crippen molar-refractivity contribution < 1.29 is 0 Å². The minimum atomic E-state index is -0.170. The lowest BCUT2D eigenvalue weighted by atomic mass is 9.87. The molecule has 0 saturated carbocycles. The number of benzene rings is 3. The van der Waals surface area contributed by atoms with Crippen molar-refractivity contribution in [3.8, 4) is 0 Å². The Kier molecular flexibility index (Phi) is 5.25. The zero-order valence-corrected chi connectivity index (χ0v) is 14.8. The van der Waals surface area contributed by atoms with Crippen LogP contribution in [0.3, 0.4) is 0 Å². The fourth-order valence-corrected chi connectivity index (χ4v) is 2.73. The molecule has 0 spiro atoms. The normalized spacial score (nSPS) is 11.4. The van der Waals surface area contributed by atoms with Crippen LogP contribution in [0.5, 0.6) is 0 Å². The Morgan fingerprint density at radius 3 is 1.60 bits per heavy atom. The van der Waals surface area contributed by atoms with Gasteiger partial charge in [0.05, 0.1) is 5.69 Å². The molecular formula is C24H23N. The van der Waals surface area contributed by atoms with Gasteiger partial charge < -0.3 is 0 Å². The summed E-state index contributed by atoms with van der Waals surface area (Å²) in [5.74, 6) is 0. The van der Waals surface area contributed by atoms with Gasteiger partial charge in [0, 0.05) is 11.6 Å². The fourth-order valence-electron chi connectivity index (χ4n) is 2.73. The molecule has 0 atom stereocenters. The van der Waals surface area contributed by atoms with Gasteiger partial charge in [-0.2, -0.15) is 0 Å². The number of nitrogens with zero attached hydrogens (tertiary/aromatic N) is 1. The van der Waals surface area contributed by atoms with Gasteiger partial charge in [-0.3, -0.25) is 4.99 Å². The number of para-hydroxylation sites is 1. The molecule has 0 aliphatic heterocycles. The van der Waals surface area contributed by atoms with Crippen LogP contribution in [0.25, 0.3) is 5.57 Å². The van der Waals surface area contributed by atoms with Crippen molar-refractivity contribution in [3.05, 3.63) is 108 Å². The molecule has 0 aromatic heterocycles. The summed E-state index contributed by atoms with van der Waals surface area (Å²) in [7, 11) is 0. The molecular weight excluding hydrogens is 302 g/mol. The van der Waals surface area contributed by atoms with E-state index in [1.165, 1.54) is 16.7 Å². The second kappa shape index (κ2) is 7.76. The number of aliphatic imine (C=N–C) groups is 1. The van der Waals surface area contributed by atoms with Crippen molar-refractivity contribution in [2.45, 2.75) is 13.8 Å². The first-order chi connectivity index (χ1) is 12.1. The first-order valence-corrected chi connectivity index (χ1v) is 8.58. The topological polar surface area (TPSA) is 12.4 Å². The minimum Gasteiger partial charge on any atom is -0.260 e. The van der Waals surface area contributed by atoms with Gasteiger partial charge >= 0.3 is 0 Å². The van der Waals surface area contributed by atoms with Crippen molar-refractivity contribution in [1.29, 1.82) is 0 Å². The Morgan fingerprint density at radius 1 is 0.680 bits per heavy atom. The maximum absolute atomic E-state index is 4.65. The van der Waals surface area contributed by atoms with E-state index in [4.69, 9.17) is 0 Å². The lowest BCUT2D eigenvalue weighted by molar-refractivity contribution is 0.696. The van der Waals surface area contributed by atoms with Crippen LogP contribution in [0.15, 0.2) is 102 Å². The zero-order valence-electron chi connectivity index (χ0n) is 14.8. The molecule has 0 unspecified atom stereocenters. The molecule has 25 heavy (non-hydrogen) atoms. The maximum Gasteiger partial charge on any atom is 0.0626 e. The van der Waals surface area contributed by atoms with Gasteiger partial charge in [0.2, 0.25) is 0 Å². The zero-order chi connectivity index (χ0) is 17.5. The average Bonchev–Trinajstić information content (AvgIpc) is 2.67. The lowest BCUT2D eigenvalue weighted by Gasteiger charge is -2.18. The first-order valence-electron chi connectivity index (χ1n) is 8.58. The van der Waals surface area contributed by atoms with Gasteiger partial charge in [0.25, 0.3) is 0 Å². The van der Waals surface area contributed by atoms with Crippen molar-refractivity contribution in [3.63, 3.8) is 0 Å². The highest BCUT2D eigenvalue weighted by atomic mass is 14.7. The second-order valence-corrected chi connectivity index (χ2v) is 6.71. The van der Waals surface area contributed by atoms with Crippen LogP contribution in [-0.4, -0.2) is 6.21 Å². The van der Waals surface area contributed by atoms with Gasteiger partial charge in [0.1, 0.15) is 0 Å². The highest BCUT2D eigenvalue weighted by Gasteiger charge is 2.15. The average molecular weight is 325 g/mol. The van der Waals surface area contributed by atoms with E-state index in [-0.39, 0.29) is 5.41 Å². The summed E-state index contributed by atoms with van der Waals surface area (Å²) in [5.41, 5.74) is 4.47. The van der Waals surface area contributed by atoms with Gasteiger partial charge in [-0.05, 0) is 28.8 Å². The minimum absolute atomic E-state index is 0.170. The van der Waals surface area contributed by atoms with E-state index in [2.05, 4.69) is 73.4 Å². The van der Waals surface area contributed by atoms with Crippen molar-refractivity contribution in [1.82, 2.24) is 0 Å². The Labute approximate surface area is 150 Å². The van der Waals surface area contributed by atoms with Crippen LogP contribution < -0.4 is 0 Å². The number of hydrogen-bond acceptors (Lipinski definition) is 1. The molecule has 1 nitrogen and oxygen atoms in total. The maximum atomic E-state index is 4.65. The molecule has 0 aliphatic rings. The van der Waals surface area contributed by atoms with Crippen molar-refractivity contribution in [2.24, 2.45) is 10.4 Å². The number of hydrogen-bond donors (Lipinski definition) is 0. The summed E-state index contributed by atoms with van der Waals surface area (Å²) in [6, 6.07) is 31.1. The van der Waals surface area contributed by atoms with E-state index in [1.54, 1.807) is 0 Å². The highest BCUT2D eigenvalue weighted by Crippen LogP contribution is 2.29. The van der Waals surface area contributed by atoms with Crippen LogP contribution in [0.1, 0.15) is 25.0 Å². The van der Waals surface area contributed by atoms with Crippen LogP contribution >= 0.6 is 0 Å². The molecule has 0 aliphatic carbocycles.